The lowest BCUT2D eigenvalue weighted by atomic mass is 10.2. The van der Waals surface area contributed by atoms with Crippen LogP contribution in [0.3, 0.4) is 0 Å². The van der Waals surface area contributed by atoms with Crippen molar-refractivity contribution in [3.63, 3.8) is 0 Å². The van der Waals surface area contributed by atoms with Crippen LogP contribution in [0, 0.1) is 0 Å². The molecular weight excluding hydrogens is 184 g/mol. The van der Waals surface area contributed by atoms with Gasteiger partial charge in [-0.15, -0.1) is 12.6 Å². The van der Waals surface area contributed by atoms with Gasteiger partial charge in [-0.1, -0.05) is 19.8 Å². The SMILES string of the molecule is CCCCCc1cc(=O)cc(S)o1. The monoisotopic (exact) mass is 198 g/mol. The summed E-state index contributed by atoms with van der Waals surface area (Å²) in [4.78, 5) is 11.0. The second-order valence-electron chi connectivity index (χ2n) is 3.05. The van der Waals surface area contributed by atoms with Crippen molar-refractivity contribution in [2.24, 2.45) is 0 Å². The third-order valence-corrected chi connectivity index (χ3v) is 2.05. The van der Waals surface area contributed by atoms with Crippen molar-refractivity contribution in [1.29, 1.82) is 0 Å². The smallest absolute Gasteiger partial charge is 0.186 e. The van der Waals surface area contributed by atoms with Crippen molar-refractivity contribution in [2.45, 2.75) is 37.7 Å². The van der Waals surface area contributed by atoms with Crippen molar-refractivity contribution in [1.82, 2.24) is 0 Å². The van der Waals surface area contributed by atoms with Crippen LogP contribution in [0.2, 0.25) is 0 Å². The van der Waals surface area contributed by atoms with E-state index in [0.717, 1.165) is 18.6 Å². The Labute approximate surface area is 83.4 Å². The molecule has 0 aromatic carbocycles. The van der Waals surface area contributed by atoms with Crippen LogP contribution in [0.25, 0.3) is 0 Å². The number of aryl methyl sites for hydroxylation is 1. The second-order valence-corrected chi connectivity index (χ2v) is 3.50. The summed E-state index contributed by atoms with van der Waals surface area (Å²) in [5.74, 6) is 0.742. The molecule has 0 aliphatic heterocycles. The first kappa shape index (κ1) is 10.4. The van der Waals surface area contributed by atoms with Gasteiger partial charge in [0.05, 0.1) is 0 Å². The third-order valence-electron chi connectivity index (χ3n) is 1.83. The van der Waals surface area contributed by atoms with E-state index in [9.17, 15) is 4.79 Å². The molecule has 0 amide bonds. The van der Waals surface area contributed by atoms with E-state index in [2.05, 4.69) is 19.6 Å². The lowest BCUT2D eigenvalue weighted by molar-refractivity contribution is 0.405. The standard InChI is InChI=1S/C10H14O2S/c1-2-3-4-5-9-6-8(11)7-10(13)12-9/h6-7,13H,2-5H2,1H3. The summed E-state index contributed by atoms with van der Waals surface area (Å²) in [6.45, 7) is 2.14. The quantitative estimate of drug-likeness (QED) is 0.595. The van der Waals surface area contributed by atoms with Gasteiger partial charge in [0.25, 0.3) is 0 Å². The highest BCUT2D eigenvalue weighted by atomic mass is 32.1. The van der Waals surface area contributed by atoms with Crippen molar-refractivity contribution >= 4 is 12.6 Å². The maximum Gasteiger partial charge on any atom is 0.186 e. The fraction of sp³-hybridized carbons (Fsp3) is 0.500. The van der Waals surface area contributed by atoms with E-state index >= 15 is 0 Å². The molecule has 13 heavy (non-hydrogen) atoms. The molecule has 0 bridgehead atoms. The van der Waals surface area contributed by atoms with Crippen LogP contribution >= 0.6 is 12.6 Å². The van der Waals surface area contributed by atoms with Gasteiger partial charge in [-0.2, -0.15) is 0 Å². The van der Waals surface area contributed by atoms with Gasteiger partial charge in [-0.25, -0.2) is 0 Å². The molecule has 1 rings (SSSR count). The van der Waals surface area contributed by atoms with Crippen LogP contribution in [0.1, 0.15) is 31.9 Å². The largest absolute Gasteiger partial charge is 0.455 e. The Morgan fingerprint density at radius 3 is 2.77 bits per heavy atom. The predicted octanol–water partition coefficient (Wildman–Crippen LogP) is 2.66. The van der Waals surface area contributed by atoms with Gasteiger partial charge in [0.2, 0.25) is 0 Å². The first-order chi connectivity index (χ1) is 6.22. The van der Waals surface area contributed by atoms with Crippen LogP contribution in [-0.2, 0) is 6.42 Å². The van der Waals surface area contributed by atoms with Gasteiger partial charge >= 0.3 is 0 Å². The number of hydrogen-bond donors (Lipinski definition) is 1. The molecule has 0 unspecified atom stereocenters. The van der Waals surface area contributed by atoms with Gasteiger partial charge in [0, 0.05) is 18.6 Å². The highest BCUT2D eigenvalue weighted by molar-refractivity contribution is 7.80. The molecule has 0 saturated carbocycles. The summed E-state index contributed by atoms with van der Waals surface area (Å²) in [5, 5.41) is 0.402. The molecule has 0 radical (unpaired) electrons. The van der Waals surface area contributed by atoms with E-state index in [0.29, 0.717) is 5.09 Å². The molecule has 1 aromatic rings. The molecule has 0 fully saturated rings. The van der Waals surface area contributed by atoms with Gasteiger partial charge in [0.1, 0.15) is 5.76 Å². The number of rotatable bonds is 4. The average molecular weight is 198 g/mol. The van der Waals surface area contributed by atoms with Crippen LogP contribution in [0.15, 0.2) is 26.4 Å². The van der Waals surface area contributed by atoms with E-state index in [1.54, 1.807) is 0 Å². The molecule has 1 aromatic heterocycles. The van der Waals surface area contributed by atoms with E-state index in [-0.39, 0.29) is 5.43 Å². The summed E-state index contributed by atoms with van der Waals surface area (Å²) in [6.07, 6.45) is 4.24. The Morgan fingerprint density at radius 2 is 2.15 bits per heavy atom. The lowest BCUT2D eigenvalue weighted by Crippen LogP contribution is -1.99. The fourth-order valence-electron chi connectivity index (χ4n) is 1.19. The van der Waals surface area contributed by atoms with E-state index in [1.807, 2.05) is 0 Å². The normalized spacial score (nSPS) is 10.3. The first-order valence-corrected chi connectivity index (χ1v) is 5.00. The van der Waals surface area contributed by atoms with Crippen LogP contribution < -0.4 is 5.43 Å². The molecule has 0 aliphatic carbocycles. The fourth-order valence-corrected chi connectivity index (χ4v) is 1.43. The average Bonchev–Trinajstić information content (AvgIpc) is 2.03. The highest BCUT2D eigenvalue weighted by Gasteiger charge is 1.98. The summed E-state index contributed by atoms with van der Waals surface area (Å²) in [5.41, 5.74) is -0.0252. The molecule has 3 heteroatoms. The van der Waals surface area contributed by atoms with Gasteiger partial charge < -0.3 is 4.42 Å². The topological polar surface area (TPSA) is 30.2 Å². The van der Waals surface area contributed by atoms with Gasteiger partial charge in [-0.05, 0) is 6.42 Å². The Morgan fingerprint density at radius 1 is 1.38 bits per heavy atom. The van der Waals surface area contributed by atoms with Crippen LogP contribution in [0.4, 0.5) is 0 Å². The second kappa shape index (κ2) is 5.12. The highest BCUT2D eigenvalue weighted by Crippen LogP contribution is 2.09. The minimum absolute atomic E-state index is 0.0252. The summed E-state index contributed by atoms with van der Waals surface area (Å²) >= 11 is 4.00. The Bertz CT molecular complexity index is 317. The van der Waals surface area contributed by atoms with E-state index < -0.39 is 0 Å². The molecule has 0 N–H and O–H groups in total. The molecule has 0 atom stereocenters. The van der Waals surface area contributed by atoms with Crippen LogP contribution in [0.5, 0.6) is 0 Å². The maximum absolute atomic E-state index is 11.0. The van der Waals surface area contributed by atoms with Crippen molar-refractivity contribution in [3.05, 3.63) is 28.1 Å². The number of thiol groups is 1. The predicted molar refractivity (Wildman–Crippen MR) is 55.5 cm³/mol. The van der Waals surface area contributed by atoms with Crippen molar-refractivity contribution in [3.8, 4) is 0 Å². The van der Waals surface area contributed by atoms with Crippen LogP contribution in [-0.4, -0.2) is 0 Å². The van der Waals surface area contributed by atoms with Crippen molar-refractivity contribution in [2.75, 3.05) is 0 Å². The molecule has 1 heterocycles. The van der Waals surface area contributed by atoms with Crippen molar-refractivity contribution < 1.29 is 4.42 Å². The third kappa shape index (κ3) is 3.68. The molecule has 0 spiro atoms. The molecule has 2 nitrogen and oxygen atoms in total. The Balaban J connectivity index is 2.61. The first-order valence-electron chi connectivity index (χ1n) is 4.55. The zero-order chi connectivity index (χ0) is 9.68. The van der Waals surface area contributed by atoms with Gasteiger partial charge in [0.15, 0.2) is 10.5 Å². The Kier molecular flexibility index (Phi) is 4.09. The molecule has 72 valence electrons. The zero-order valence-electron chi connectivity index (χ0n) is 7.75. The Hall–Kier alpha value is -0.700. The lowest BCUT2D eigenvalue weighted by Gasteiger charge is -1.99. The maximum atomic E-state index is 11.0. The molecule has 0 aliphatic rings. The molecule has 0 saturated heterocycles. The summed E-state index contributed by atoms with van der Waals surface area (Å²) in [7, 11) is 0. The zero-order valence-corrected chi connectivity index (χ0v) is 8.64. The molecular formula is C10H14O2S. The minimum atomic E-state index is -0.0252. The van der Waals surface area contributed by atoms with Gasteiger partial charge in [-0.3, -0.25) is 4.79 Å². The minimum Gasteiger partial charge on any atom is -0.455 e. The summed E-state index contributed by atoms with van der Waals surface area (Å²) in [6, 6.07) is 2.92. The van der Waals surface area contributed by atoms with E-state index in [4.69, 9.17) is 4.42 Å². The van der Waals surface area contributed by atoms with E-state index in [1.165, 1.54) is 25.0 Å². The summed E-state index contributed by atoms with van der Waals surface area (Å²) < 4.78 is 5.27. The number of hydrogen-bond acceptors (Lipinski definition) is 3. The number of unbranched alkanes of at least 4 members (excludes halogenated alkanes) is 2.